The van der Waals surface area contributed by atoms with E-state index in [0.717, 1.165) is 0 Å². The molecule has 0 spiro atoms. The summed E-state index contributed by atoms with van der Waals surface area (Å²) in [6, 6.07) is 35.1. The molecule has 0 nitrogen and oxygen atoms in total. The van der Waals surface area contributed by atoms with Gasteiger partial charge in [0.2, 0.25) is 0 Å². The van der Waals surface area contributed by atoms with Crippen LogP contribution in [0.4, 0.5) is 0 Å². The van der Waals surface area contributed by atoms with E-state index < -0.39 is 0 Å². The molecular weight excluding hydrogens is 360 g/mol. The van der Waals surface area contributed by atoms with Crippen molar-refractivity contribution in [2.75, 3.05) is 0 Å². The highest BCUT2D eigenvalue weighted by Gasteiger charge is 2.19. The lowest BCUT2D eigenvalue weighted by atomic mass is 9.85. The Bertz CT molecular complexity index is 1320. The summed E-state index contributed by atoms with van der Waals surface area (Å²) < 4.78 is 0. The van der Waals surface area contributed by atoms with Gasteiger partial charge in [-0.1, -0.05) is 121 Å². The third-order valence-electron chi connectivity index (χ3n) is 6.36. The van der Waals surface area contributed by atoms with Crippen LogP contribution in [-0.4, -0.2) is 0 Å². The molecule has 0 N–H and O–H groups in total. The van der Waals surface area contributed by atoms with Crippen molar-refractivity contribution in [1.29, 1.82) is 0 Å². The van der Waals surface area contributed by atoms with Crippen molar-refractivity contribution >= 4 is 24.3 Å². The minimum atomic E-state index is 0.306. The molecule has 0 saturated heterocycles. The third kappa shape index (κ3) is 2.84. The van der Waals surface area contributed by atoms with Crippen molar-refractivity contribution in [2.45, 2.75) is 11.8 Å². The van der Waals surface area contributed by atoms with E-state index in [9.17, 15) is 0 Å². The molecule has 0 saturated carbocycles. The lowest BCUT2D eigenvalue weighted by Gasteiger charge is -2.18. The molecular formula is C30H22. The van der Waals surface area contributed by atoms with E-state index in [0.29, 0.717) is 11.8 Å². The molecule has 0 atom stereocenters. The van der Waals surface area contributed by atoms with Gasteiger partial charge in [-0.2, -0.15) is 0 Å². The summed E-state index contributed by atoms with van der Waals surface area (Å²) >= 11 is 0. The molecule has 4 aromatic rings. The first-order chi connectivity index (χ1) is 14.9. The van der Waals surface area contributed by atoms with Crippen molar-refractivity contribution in [3.8, 4) is 11.1 Å². The fourth-order valence-corrected chi connectivity index (χ4v) is 4.92. The van der Waals surface area contributed by atoms with Gasteiger partial charge < -0.3 is 0 Å². The van der Waals surface area contributed by atoms with E-state index in [4.69, 9.17) is 0 Å². The first-order valence-corrected chi connectivity index (χ1v) is 10.6. The van der Waals surface area contributed by atoms with E-state index in [1.54, 1.807) is 0 Å². The Morgan fingerprint density at radius 3 is 1.00 bits per heavy atom. The summed E-state index contributed by atoms with van der Waals surface area (Å²) in [6.07, 6.45) is 9.56. The Morgan fingerprint density at radius 2 is 0.633 bits per heavy atom. The predicted molar refractivity (Wildman–Crippen MR) is 127 cm³/mol. The van der Waals surface area contributed by atoms with Gasteiger partial charge in [0, 0.05) is 11.8 Å². The molecule has 0 heterocycles. The van der Waals surface area contributed by atoms with E-state index in [2.05, 4.69) is 121 Å². The molecule has 2 aliphatic rings. The van der Waals surface area contributed by atoms with Crippen LogP contribution in [0.15, 0.2) is 97.1 Å². The maximum Gasteiger partial charge on any atom is 0.0222 e. The number of fused-ring (bicyclic) bond motifs is 2. The highest BCUT2D eigenvalue weighted by Crippen LogP contribution is 2.37. The fraction of sp³-hybridized carbons (Fsp3) is 0.0667. The smallest absolute Gasteiger partial charge is 0.0222 e. The van der Waals surface area contributed by atoms with Crippen molar-refractivity contribution < 1.29 is 0 Å². The zero-order chi connectivity index (χ0) is 19.9. The van der Waals surface area contributed by atoms with Crippen LogP contribution in [0.1, 0.15) is 23.0 Å². The standard InChI is InChI=1S/C30H22/c1-2-10-22-18-25(17-21(22)9-1)27-13-5-7-15-29(27)30-16-8-6-14-28(30)26-19-23-11-3-4-12-24(23)20-26/h1-20,25-26H. The molecule has 0 unspecified atom stereocenters. The van der Waals surface area contributed by atoms with Crippen LogP contribution in [0, 0.1) is 0 Å². The Labute approximate surface area is 176 Å². The van der Waals surface area contributed by atoms with Gasteiger partial charge in [-0.3, -0.25) is 0 Å². The average Bonchev–Trinajstić information content (AvgIpc) is 3.43. The second-order valence-corrected chi connectivity index (χ2v) is 8.15. The molecule has 0 amide bonds. The van der Waals surface area contributed by atoms with Gasteiger partial charge in [-0.05, 0) is 43.1 Å². The molecule has 0 radical (unpaired) electrons. The Morgan fingerprint density at radius 1 is 0.333 bits per heavy atom. The molecule has 0 bridgehead atoms. The van der Waals surface area contributed by atoms with Crippen LogP contribution < -0.4 is 20.9 Å². The highest BCUT2D eigenvalue weighted by atomic mass is 14.2. The van der Waals surface area contributed by atoms with Crippen LogP contribution in [0.5, 0.6) is 0 Å². The maximum absolute atomic E-state index is 2.39. The second-order valence-electron chi connectivity index (χ2n) is 8.15. The fourth-order valence-electron chi connectivity index (χ4n) is 4.92. The SMILES string of the molecule is C1=c2ccccc2=CC1c1ccccc1-c1ccccc1C1C=c2ccccc2=C1. The lowest BCUT2D eigenvalue weighted by Crippen LogP contribution is -2.19. The molecule has 0 aromatic heterocycles. The second kappa shape index (κ2) is 7.00. The summed E-state index contributed by atoms with van der Waals surface area (Å²) in [7, 11) is 0. The molecule has 4 aromatic carbocycles. The minimum Gasteiger partial charge on any atom is -0.0653 e. The van der Waals surface area contributed by atoms with Gasteiger partial charge in [-0.15, -0.1) is 0 Å². The van der Waals surface area contributed by atoms with Gasteiger partial charge in [0.15, 0.2) is 0 Å². The minimum absolute atomic E-state index is 0.306. The van der Waals surface area contributed by atoms with Gasteiger partial charge in [0.1, 0.15) is 0 Å². The summed E-state index contributed by atoms with van der Waals surface area (Å²) in [5, 5.41) is 5.33. The summed E-state index contributed by atoms with van der Waals surface area (Å²) in [5.41, 5.74) is 5.40. The topological polar surface area (TPSA) is 0 Å². The van der Waals surface area contributed by atoms with Gasteiger partial charge in [-0.25, -0.2) is 0 Å². The molecule has 142 valence electrons. The van der Waals surface area contributed by atoms with E-state index >= 15 is 0 Å². The highest BCUT2D eigenvalue weighted by molar-refractivity contribution is 5.79. The molecule has 0 heteroatoms. The van der Waals surface area contributed by atoms with Crippen LogP contribution in [0.25, 0.3) is 35.4 Å². The molecule has 6 rings (SSSR count). The molecule has 0 fully saturated rings. The largest absolute Gasteiger partial charge is 0.0653 e. The zero-order valence-corrected chi connectivity index (χ0v) is 16.7. The first-order valence-electron chi connectivity index (χ1n) is 10.6. The van der Waals surface area contributed by atoms with E-state index in [1.807, 2.05) is 0 Å². The van der Waals surface area contributed by atoms with E-state index in [-0.39, 0.29) is 0 Å². The molecule has 0 aliphatic heterocycles. The van der Waals surface area contributed by atoms with Crippen LogP contribution in [0.2, 0.25) is 0 Å². The maximum atomic E-state index is 2.39. The average molecular weight is 383 g/mol. The van der Waals surface area contributed by atoms with Crippen LogP contribution in [0.3, 0.4) is 0 Å². The molecule has 30 heavy (non-hydrogen) atoms. The predicted octanol–water partition coefficient (Wildman–Crippen LogP) is 4.07. The Kier molecular flexibility index (Phi) is 4.02. The van der Waals surface area contributed by atoms with Crippen LogP contribution >= 0.6 is 0 Å². The lowest BCUT2D eigenvalue weighted by molar-refractivity contribution is 1.19. The zero-order valence-electron chi connectivity index (χ0n) is 16.7. The number of benzene rings is 4. The van der Waals surface area contributed by atoms with Gasteiger partial charge in [0.05, 0.1) is 0 Å². The van der Waals surface area contributed by atoms with Crippen LogP contribution in [-0.2, 0) is 0 Å². The Balaban J connectivity index is 1.50. The summed E-state index contributed by atoms with van der Waals surface area (Å²) in [6.45, 7) is 0. The van der Waals surface area contributed by atoms with Gasteiger partial charge in [0.25, 0.3) is 0 Å². The van der Waals surface area contributed by atoms with Crippen molar-refractivity contribution in [1.82, 2.24) is 0 Å². The molecule has 2 aliphatic carbocycles. The quantitative estimate of drug-likeness (QED) is 0.501. The Hall–Kier alpha value is -3.64. The van der Waals surface area contributed by atoms with Crippen molar-refractivity contribution in [3.05, 3.63) is 129 Å². The third-order valence-corrected chi connectivity index (χ3v) is 6.36. The van der Waals surface area contributed by atoms with Crippen molar-refractivity contribution in [3.63, 3.8) is 0 Å². The monoisotopic (exact) mass is 382 g/mol. The van der Waals surface area contributed by atoms with Gasteiger partial charge >= 0.3 is 0 Å². The normalized spacial score (nSPS) is 14.8. The number of rotatable bonds is 3. The van der Waals surface area contributed by atoms with Crippen molar-refractivity contribution in [2.24, 2.45) is 0 Å². The van der Waals surface area contributed by atoms with E-state index in [1.165, 1.54) is 43.1 Å². The summed E-state index contributed by atoms with van der Waals surface area (Å²) in [5.74, 6) is 0.612. The number of hydrogen-bond donors (Lipinski definition) is 0. The summed E-state index contributed by atoms with van der Waals surface area (Å²) in [4.78, 5) is 0. The first kappa shape index (κ1) is 17.2. The number of hydrogen-bond acceptors (Lipinski definition) is 0.